The molecule has 0 spiro atoms. The molecule has 25 heavy (non-hydrogen) atoms. The van der Waals surface area contributed by atoms with Crippen molar-refractivity contribution in [3.63, 3.8) is 0 Å². The van der Waals surface area contributed by atoms with Gasteiger partial charge in [0.15, 0.2) is 0 Å². The van der Waals surface area contributed by atoms with E-state index in [1.165, 1.54) is 0 Å². The van der Waals surface area contributed by atoms with Crippen LogP contribution in [0.25, 0.3) is 10.8 Å². The van der Waals surface area contributed by atoms with Gasteiger partial charge in [-0.05, 0) is 34.5 Å². The number of hydrogen-bond donors (Lipinski definition) is 1. The van der Waals surface area contributed by atoms with Crippen molar-refractivity contribution in [2.24, 2.45) is 0 Å². The van der Waals surface area contributed by atoms with E-state index >= 15 is 0 Å². The fraction of sp³-hybridized carbons (Fsp3) is 0.0455. The van der Waals surface area contributed by atoms with Gasteiger partial charge in [0.25, 0.3) is 5.91 Å². The Morgan fingerprint density at radius 1 is 0.800 bits per heavy atom. The van der Waals surface area contributed by atoms with Crippen molar-refractivity contribution >= 4 is 16.7 Å². The molecule has 4 aromatic rings. The second-order valence-electron chi connectivity index (χ2n) is 5.86. The minimum atomic E-state index is -0.331. The first-order chi connectivity index (χ1) is 12.3. The Morgan fingerprint density at radius 3 is 2.36 bits per heavy atom. The molecule has 0 fully saturated rings. The molecule has 0 bridgehead atoms. The van der Waals surface area contributed by atoms with Crippen molar-refractivity contribution in [2.45, 2.75) is 6.04 Å². The number of hydrogen-bond acceptors (Lipinski definition) is 2. The zero-order valence-electron chi connectivity index (χ0n) is 13.6. The summed E-state index contributed by atoms with van der Waals surface area (Å²) in [4.78, 5) is 13.0. The van der Waals surface area contributed by atoms with Gasteiger partial charge in [0, 0.05) is 5.56 Å². The molecule has 3 nitrogen and oxygen atoms in total. The SMILES string of the molecule is O=C(NC(c1ccccc1)c1ccco1)c1cccc2ccccc12. The molecule has 0 saturated heterocycles. The number of carbonyl (C=O) groups excluding carboxylic acids is 1. The summed E-state index contributed by atoms with van der Waals surface area (Å²) in [6, 6.07) is 26.9. The lowest BCUT2D eigenvalue weighted by Crippen LogP contribution is -2.29. The Kier molecular flexibility index (Phi) is 4.05. The van der Waals surface area contributed by atoms with Gasteiger partial charge in [0.2, 0.25) is 0 Å². The summed E-state index contributed by atoms with van der Waals surface area (Å²) >= 11 is 0. The van der Waals surface area contributed by atoms with Crippen LogP contribution in [0.2, 0.25) is 0 Å². The molecule has 1 amide bonds. The molecule has 1 N–H and O–H groups in total. The zero-order chi connectivity index (χ0) is 17.1. The van der Waals surface area contributed by atoms with Gasteiger partial charge in [-0.15, -0.1) is 0 Å². The smallest absolute Gasteiger partial charge is 0.252 e. The summed E-state index contributed by atoms with van der Waals surface area (Å²) in [6.07, 6.45) is 1.62. The Morgan fingerprint density at radius 2 is 1.56 bits per heavy atom. The van der Waals surface area contributed by atoms with Gasteiger partial charge in [0.1, 0.15) is 11.8 Å². The van der Waals surface area contributed by atoms with Crippen LogP contribution in [-0.2, 0) is 0 Å². The second-order valence-corrected chi connectivity index (χ2v) is 5.86. The van der Waals surface area contributed by atoms with Crippen LogP contribution in [0, 0.1) is 0 Å². The molecule has 122 valence electrons. The van der Waals surface area contributed by atoms with Crippen molar-refractivity contribution in [1.29, 1.82) is 0 Å². The van der Waals surface area contributed by atoms with E-state index in [0.717, 1.165) is 16.3 Å². The van der Waals surface area contributed by atoms with Crippen molar-refractivity contribution in [3.05, 3.63) is 108 Å². The van der Waals surface area contributed by atoms with Crippen molar-refractivity contribution in [2.75, 3.05) is 0 Å². The van der Waals surface area contributed by atoms with E-state index in [1.807, 2.05) is 84.9 Å². The minimum absolute atomic E-state index is 0.123. The van der Waals surface area contributed by atoms with E-state index < -0.39 is 0 Å². The first-order valence-corrected chi connectivity index (χ1v) is 8.20. The van der Waals surface area contributed by atoms with Crippen LogP contribution in [0.15, 0.2) is 95.6 Å². The molecule has 0 saturated carbocycles. The average molecular weight is 327 g/mol. The van der Waals surface area contributed by atoms with Crippen LogP contribution in [0.3, 0.4) is 0 Å². The molecule has 3 aromatic carbocycles. The number of rotatable bonds is 4. The van der Waals surface area contributed by atoms with Crippen molar-refractivity contribution < 1.29 is 9.21 Å². The molecular weight excluding hydrogens is 310 g/mol. The first-order valence-electron chi connectivity index (χ1n) is 8.20. The molecule has 0 aliphatic rings. The molecule has 1 atom stereocenters. The molecule has 4 rings (SSSR count). The average Bonchev–Trinajstić information content (AvgIpc) is 3.20. The Hall–Kier alpha value is -3.33. The fourth-order valence-electron chi connectivity index (χ4n) is 3.05. The Labute approximate surface area is 145 Å². The zero-order valence-corrected chi connectivity index (χ0v) is 13.6. The third-order valence-corrected chi connectivity index (χ3v) is 4.27. The largest absolute Gasteiger partial charge is 0.467 e. The van der Waals surface area contributed by atoms with Crippen molar-refractivity contribution in [1.82, 2.24) is 5.32 Å². The van der Waals surface area contributed by atoms with Crippen LogP contribution in [0.5, 0.6) is 0 Å². The Bertz CT molecular complexity index is 986. The van der Waals surface area contributed by atoms with Crippen LogP contribution >= 0.6 is 0 Å². The quantitative estimate of drug-likeness (QED) is 0.576. The predicted molar refractivity (Wildman–Crippen MR) is 98.4 cm³/mol. The van der Waals surface area contributed by atoms with Gasteiger partial charge in [-0.25, -0.2) is 0 Å². The van der Waals surface area contributed by atoms with Crippen LogP contribution in [-0.4, -0.2) is 5.91 Å². The Balaban J connectivity index is 1.71. The molecule has 0 aliphatic heterocycles. The highest BCUT2D eigenvalue weighted by atomic mass is 16.3. The number of fused-ring (bicyclic) bond motifs is 1. The van der Waals surface area contributed by atoms with Gasteiger partial charge in [-0.3, -0.25) is 4.79 Å². The number of amides is 1. The summed E-state index contributed by atoms with van der Waals surface area (Å²) in [7, 11) is 0. The first kappa shape index (κ1) is 15.2. The molecule has 3 heteroatoms. The summed E-state index contributed by atoms with van der Waals surface area (Å²) in [5.74, 6) is 0.585. The number of carbonyl (C=O) groups is 1. The maximum absolute atomic E-state index is 13.0. The fourth-order valence-corrected chi connectivity index (χ4v) is 3.05. The van der Waals surface area contributed by atoms with E-state index in [1.54, 1.807) is 6.26 Å². The molecule has 0 aliphatic carbocycles. The molecule has 0 radical (unpaired) electrons. The summed E-state index contributed by atoms with van der Waals surface area (Å²) in [5, 5.41) is 5.10. The van der Waals surface area contributed by atoms with E-state index in [9.17, 15) is 4.79 Å². The van der Waals surface area contributed by atoms with Crippen LogP contribution < -0.4 is 5.32 Å². The lowest BCUT2D eigenvalue weighted by atomic mass is 10.0. The minimum Gasteiger partial charge on any atom is -0.467 e. The van der Waals surface area contributed by atoms with Gasteiger partial charge in [0.05, 0.1) is 6.26 Å². The van der Waals surface area contributed by atoms with Gasteiger partial charge in [-0.2, -0.15) is 0 Å². The molecular formula is C22H17NO2. The standard InChI is InChI=1S/C22H17NO2/c24-22(19-13-6-11-16-8-4-5-12-18(16)19)23-21(20-14-7-15-25-20)17-9-2-1-3-10-17/h1-15,21H,(H,23,24). The third-order valence-electron chi connectivity index (χ3n) is 4.27. The van der Waals surface area contributed by atoms with E-state index in [2.05, 4.69) is 5.32 Å². The van der Waals surface area contributed by atoms with Gasteiger partial charge < -0.3 is 9.73 Å². The molecule has 1 aromatic heterocycles. The van der Waals surface area contributed by atoms with Crippen molar-refractivity contribution in [3.8, 4) is 0 Å². The number of furan rings is 1. The maximum atomic E-state index is 13.0. The monoisotopic (exact) mass is 327 g/mol. The highest BCUT2D eigenvalue weighted by molar-refractivity contribution is 6.07. The topological polar surface area (TPSA) is 42.2 Å². The van der Waals surface area contributed by atoms with Gasteiger partial charge in [-0.1, -0.05) is 66.7 Å². The maximum Gasteiger partial charge on any atom is 0.252 e. The van der Waals surface area contributed by atoms with E-state index in [0.29, 0.717) is 11.3 Å². The summed E-state index contributed by atoms with van der Waals surface area (Å²) < 4.78 is 5.56. The van der Waals surface area contributed by atoms with E-state index in [-0.39, 0.29) is 11.9 Å². The van der Waals surface area contributed by atoms with Crippen LogP contribution in [0.1, 0.15) is 27.7 Å². The highest BCUT2D eigenvalue weighted by Crippen LogP contribution is 2.24. The molecule has 1 unspecified atom stereocenters. The molecule has 1 heterocycles. The highest BCUT2D eigenvalue weighted by Gasteiger charge is 2.20. The summed E-state index contributed by atoms with van der Waals surface area (Å²) in [5.41, 5.74) is 1.64. The van der Waals surface area contributed by atoms with E-state index in [4.69, 9.17) is 4.42 Å². The lowest BCUT2D eigenvalue weighted by molar-refractivity contribution is 0.0940. The van der Waals surface area contributed by atoms with Crippen LogP contribution in [0.4, 0.5) is 0 Å². The lowest BCUT2D eigenvalue weighted by Gasteiger charge is -2.18. The number of nitrogens with one attached hydrogen (secondary N) is 1. The normalized spacial score (nSPS) is 12.0. The van der Waals surface area contributed by atoms with Gasteiger partial charge >= 0.3 is 0 Å². The summed E-state index contributed by atoms with van der Waals surface area (Å²) in [6.45, 7) is 0. The predicted octanol–water partition coefficient (Wildman–Crippen LogP) is 4.95. The second kappa shape index (κ2) is 6.65. The third kappa shape index (κ3) is 3.04. The number of benzene rings is 3.